The zero-order valence-electron chi connectivity index (χ0n) is 19.1. The van der Waals surface area contributed by atoms with Crippen molar-refractivity contribution in [3.8, 4) is 34.4 Å². The molecule has 0 unspecified atom stereocenters. The van der Waals surface area contributed by atoms with E-state index in [0.29, 0.717) is 12.1 Å². The monoisotopic (exact) mass is 448 g/mol. The van der Waals surface area contributed by atoms with Crippen molar-refractivity contribution in [1.82, 2.24) is 30.6 Å². The molecular weight excluding hydrogens is 420 g/mol. The maximum Gasteiger partial charge on any atom is 0.124 e. The summed E-state index contributed by atoms with van der Waals surface area (Å²) in [6, 6.07) is 17.3. The first-order valence-electron chi connectivity index (χ1n) is 12.1. The number of benzene rings is 2. The molecule has 2 atom stereocenters. The van der Waals surface area contributed by atoms with Crippen LogP contribution in [0.2, 0.25) is 0 Å². The predicted octanol–water partition coefficient (Wildman–Crippen LogP) is 4.72. The fraction of sp³-hybridized carbons (Fsp3) is 0.286. The highest BCUT2D eigenvalue weighted by molar-refractivity contribution is 5.62. The van der Waals surface area contributed by atoms with Crippen LogP contribution in [0.15, 0.2) is 60.9 Å². The largest absolute Gasteiger partial charge is 0.347 e. The van der Waals surface area contributed by atoms with E-state index in [1.807, 2.05) is 12.4 Å². The molecular formula is C28H28N6. The van der Waals surface area contributed by atoms with Crippen molar-refractivity contribution in [3.63, 3.8) is 0 Å². The zero-order chi connectivity index (χ0) is 22.7. The van der Waals surface area contributed by atoms with Crippen molar-refractivity contribution in [3.05, 3.63) is 83.7 Å². The van der Waals surface area contributed by atoms with Crippen LogP contribution in [0.3, 0.4) is 0 Å². The Morgan fingerprint density at radius 2 is 1.06 bits per heavy atom. The molecule has 4 N–H and O–H groups in total. The van der Waals surface area contributed by atoms with E-state index in [1.54, 1.807) is 0 Å². The molecule has 2 aromatic heterocycles. The van der Waals surface area contributed by atoms with Gasteiger partial charge in [0.05, 0.1) is 23.5 Å². The molecule has 2 aliphatic rings. The van der Waals surface area contributed by atoms with Crippen LogP contribution in [0.5, 0.6) is 0 Å². The molecule has 0 bridgehead atoms. The maximum atomic E-state index is 4.78. The summed E-state index contributed by atoms with van der Waals surface area (Å²) < 4.78 is 0. The number of H-pyrrole nitrogens is 2. The molecule has 0 amide bonds. The van der Waals surface area contributed by atoms with Crippen molar-refractivity contribution in [2.24, 2.45) is 0 Å². The number of imidazole rings is 2. The highest BCUT2D eigenvalue weighted by atomic mass is 15.0. The third-order valence-corrected chi connectivity index (χ3v) is 6.69. The summed E-state index contributed by atoms with van der Waals surface area (Å²) >= 11 is 0. The van der Waals surface area contributed by atoms with Gasteiger partial charge in [0, 0.05) is 34.6 Å². The van der Waals surface area contributed by atoms with E-state index in [-0.39, 0.29) is 0 Å². The molecule has 6 heteroatoms. The second kappa shape index (κ2) is 9.30. The fourth-order valence-corrected chi connectivity index (χ4v) is 4.75. The molecule has 2 aliphatic heterocycles. The highest BCUT2D eigenvalue weighted by Crippen LogP contribution is 2.25. The van der Waals surface area contributed by atoms with E-state index in [2.05, 4.69) is 81.0 Å². The first-order valence-corrected chi connectivity index (χ1v) is 12.1. The summed E-state index contributed by atoms with van der Waals surface area (Å²) in [5.41, 5.74) is 6.13. The van der Waals surface area contributed by atoms with E-state index in [0.717, 1.165) is 71.2 Å². The summed E-state index contributed by atoms with van der Waals surface area (Å²) in [4.78, 5) is 16.2. The van der Waals surface area contributed by atoms with Crippen LogP contribution in [0, 0.1) is 11.8 Å². The second-order valence-electron chi connectivity index (χ2n) is 9.04. The molecule has 0 spiro atoms. The first-order chi connectivity index (χ1) is 16.8. The molecule has 34 heavy (non-hydrogen) atoms. The van der Waals surface area contributed by atoms with Crippen LogP contribution in [0.25, 0.3) is 22.5 Å². The van der Waals surface area contributed by atoms with Gasteiger partial charge in [-0.1, -0.05) is 36.1 Å². The van der Waals surface area contributed by atoms with Crippen molar-refractivity contribution in [2.75, 3.05) is 13.1 Å². The summed E-state index contributed by atoms with van der Waals surface area (Å²) in [6.07, 6.45) is 8.68. The van der Waals surface area contributed by atoms with Gasteiger partial charge in [0.2, 0.25) is 0 Å². The average Bonchev–Trinajstić information content (AvgIpc) is 3.70. The van der Waals surface area contributed by atoms with Gasteiger partial charge in [-0.25, -0.2) is 9.97 Å². The third-order valence-electron chi connectivity index (χ3n) is 6.69. The lowest BCUT2D eigenvalue weighted by atomic mass is 10.1. The minimum absolute atomic E-state index is 0.352. The first kappa shape index (κ1) is 20.9. The van der Waals surface area contributed by atoms with Gasteiger partial charge in [-0.3, -0.25) is 0 Å². The number of hydrogen-bond acceptors (Lipinski definition) is 4. The lowest BCUT2D eigenvalue weighted by molar-refractivity contribution is 0.613. The van der Waals surface area contributed by atoms with Gasteiger partial charge in [0.15, 0.2) is 0 Å². The molecule has 2 saturated heterocycles. The van der Waals surface area contributed by atoms with E-state index in [4.69, 9.17) is 9.97 Å². The van der Waals surface area contributed by atoms with Crippen molar-refractivity contribution >= 4 is 0 Å². The van der Waals surface area contributed by atoms with E-state index in [9.17, 15) is 0 Å². The Balaban J connectivity index is 1.12. The summed E-state index contributed by atoms with van der Waals surface area (Å²) in [7, 11) is 0. The average molecular weight is 449 g/mol. The number of nitrogens with zero attached hydrogens (tertiary/aromatic N) is 2. The number of rotatable bonds is 4. The Morgan fingerprint density at radius 3 is 1.44 bits per heavy atom. The Bertz CT molecular complexity index is 1210. The van der Waals surface area contributed by atoms with Crippen molar-refractivity contribution in [2.45, 2.75) is 37.8 Å². The summed E-state index contributed by atoms with van der Waals surface area (Å²) in [6.45, 7) is 2.14. The maximum absolute atomic E-state index is 4.78. The van der Waals surface area contributed by atoms with Gasteiger partial charge in [-0.2, -0.15) is 0 Å². The Morgan fingerprint density at radius 1 is 0.618 bits per heavy atom. The zero-order valence-corrected chi connectivity index (χ0v) is 19.1. The number of aromatic amines is 2. The summed E-state index contributed by atoms with van der Waals surface area (Å²) in [5.74, 6) is 8.60. The molecule has 0 radical (unpaired) electrons. The van der Waals surface area contributed by atoms with Crippen LogP contribution in [-0.4, -0.2) is 33.0 Å². The minimum Gasteiger partial charge on any atom is -0.347 e. The minimum atomic E-state index is 0.352. The second-order valence-corrected chi connectivity index (χ2v) is 9.04. The van der Waals surface area contributed by atoms with Crippen LogP contribution in [0.1, 0.15) is 60.5 Å². The molecule has 2 aromatic carbocycles. The third kappa shape index (κ3) is 4.41. The van der Waals surface area contributed by atoms with E-state index >= 15 is 0 Å². The predicted molar refractivity (Wildman–Crippen MR) is 134 cm³/mol. The van der Waals surface area contributed by atoms with Crippen molar-refractivity contribution < 1.29 is 0 Å². The molecule has 170 valence electrons. The molecule has 6 nitrogen and oxygen atoms in total. The Kier molecular flexibility index (Phi) is 5.72. The van der Waals surface area contributed by atoms with Crippen LogP contribution >= 0.6 is 0 Å². The van der Waals surface area contributed by atoms with Gasteiger partial charge < -0.3 is 20.6 Å². The molecule has 4 heterocycles. The molecule has 4 aromatic rings. The Hall–Kier alpha value is -3.66. The van der Waals surface area contributed by atoms with Gasteiger partial charge >= 0.3 is 0 Å². The smallest absolute Gasteiger partial charge is 0.124 e. The SMILES string of the molecule is C(#Cc1ccc(-c2c[nH]c([C@@H]3CCCN3)n2)cc1)c1ccc(-c2c[nH]c([C@@H]3CCCN3)n2)cc1. The Labute approximate surface area is 199 Å². The lowest BCUT2D eigenvalue weighted by Crippen LogP contribution is -2.14. The van der Waals surface area contributed by atoms with Gasteiger partial charge in [-0.05, 0) is 63.0 Å². The van der Waals surface area contributed by atoms with Crippen LogP contribution < -0.4 is 10.6 Å². The number of nitrogens with one attached hydrogen (secondary N) is 4. The molecule has 0 aliphatic carbocycles. The highest BCUT2D eigenvalue weighted by Gasteiger charge is 2.20. The standard InChI is InChI=1S/C28H28N6/c1-3-23(29-15-1)27-31-17-25(33-27)21-11-7-19(8-12-21)5-6-20-9-13-22(14-10-20)26-18-32-28(34-26)24-4-2-16-30-24/h7-14,17-18,23-24,29-30H,1-4,15-16H2,(H,31,33)(H,32,34)/t23-,24-/m0/s1. The quantitative estimate of drug-likeness (QED) is 0.341. The normalized spacial score (nSPS) is 19.8. The lowest BCUT2D eigenvalue weighted by Gasteiger charge is -2.05. The van der Waals surface area contributed by atoms with Crippen LogP contribution in [0.4, 0.5) is 0 Å². The summed E-state index contributed by atoms with van der Waals surface area (Å²) in [5, 5.41) is 6.97. The molecule has 6 rings (SSSR count). The fourth-order valence-electron chi connectivity index (χ4n) is 4.75. The molecule has 0 saturated carbocycles. The van der Waals surface area contributed by atoms with Gasteiger partial charge in [0.1, 0.15) is 11.6 Å². The number of aromatic nitrogens is 4. The van der Waals surface area contributed by atoms with Gasteiger partial charge in [-0.15, -0.1) is 0 Å². The van der Waals surface area contributed by atoms with Crippen molar-refractivity contribution in [1.29, 1.82) is 0 Å². The van der Waals surface area contributed by atoms with E-state index < -0.39 is 0 Å². The van der Waals surface area contributed by atoms with Crippen LogP contribution in [-0.2, 0) is 0 Å². The number of hydrogen-bond donors (Lipinski definition) is 4. The van der Waals surface area contributed by atoms with Gasteiger partial charge in [0.25, 0.3) is 0 Å². The molecule has 2 fully saturated rings. The topological polar surface area (TPSA) is 81.4 Å². The van der Waals surface area contributed by atoms with E-state index in [1.165, 1.54) is 12.8 Å².